The van der Waals surface area contributed by atoms with Crippen LogP contribution in [0.15, 0.2) is 164 Å². The van der Waals surface area contributed by atoms with E-state index in [4.69, 9.17) is 15.0 Å². The molecule has 0 atom stereocenters. The molecule has 0 fully saturated rings. The van der Waals surface area contributed by atoms with Gasteiger partial charge in [0, 0.05) is 53.4 Å². The van der Waals surface area contributed by atoms with Gasteiger partial charge in [0.1, 0.15) is 0 Å². The van der Waals surface area contributed by atoms with E-state index >= 15 is 0 Å². The molecule has 0 amide bonds. The number of aromatic nitrogens is 3. The molecule has 0 saturated carbocycles. The number of fused-ring (bicyclic) bond motifs is 5. The minimum absolute atomic E-state index is 0.700. The molecule has 220 valence electrons. The Kier molecular flexibility index (Phi) is 6.65. The lowest BCUT2D eigenvalue weighted by atomic mass is 9.97. The Bertz CT molecular complexity index is 2480. The van der Waals surface area contributed by atoms with Gasteiger partial charge in [0.2, 0.25) is 0 Å². The molecule has 0 aliphatic heterocycles. The summed E-state index contributed by atoms with van der Waals surface area (Å²) in [4.78, 5) is 15.5. The van der Waals surface area contributed by atoms with Crippen LogP contribution in [0.2, 0.25) is 0 Å². The molecular weight excluding hydrogens is 591 g/mol. The van der Waals surface area contributed by atoms with Crippen LogP contribution in [-0.4, -0.2) is 15.0 Å². The van der Waals surface area contributed by atoms with Crippen LogP contribution in [-0.2, 0) is 0 Å². The van der Waals surface area contributed by atoms with Crippen molar-refractivity contribution in [1.82, 2.24) is 15.0 Å². The molecular formula is C43H27N3S. The fourth-order valence-corrected chi connectivity index (χ4v) is 7.64. The van der Waals surface area contributed by atoms with Crippen molar-refractivity contribution in [3.63, 3.8) is 0 Å². The Morgan fingerprint density at radius 1 is 0.404 bits per heavy atom. The largest absolute Gasteiger partial charge is 0.246 e. The summed E-state index contributed by atoms with van der Waals surface area (Å²) in [5.74, 6) is 0.700. The topological polar surface area (TPSA) is 38.7 Å². The van der Waals surface area contributed by atoms with Gasteiger partial charge in [-0.3, -0.25) is 0 Å². The smallest absolute Gasteiger partial charge is 0.160 e. The molecule has 0 saturated heterocycles. The zero-order valence-corrected chi connectivity index (χ0v) is 26.2. The first kappa shape index (κ1) is 27.3. The van der Waals surface area contributed by atoms with E-state index in [0.29, 0.717) is 5.82 Å². The predicted molar refractivity (Wildman–Crippen MR) is 197 cm³/mol. The van der Waals surface area contributed by atoms with E-state index in [1.54, 1.807) is 0 Å². The first-order chi connectivity index (χ1) is 23.3. The van der Waals surface area contributed by atoms with Gasteiger partial charge >= 0.3 is 0 Å². The van der Waals surface area contributed by atoms with Gasteiger partial charge < -0.3 is 0 Å². The Labute approximate surface area is 276 Å². The molecule has 0 unspecified atom stereocenters. The van der Waals surface area contributed by atoms with E-state index < -0.39 is 0 Å². The maximum Gasteiger partial charge on any atom is 0.160 e. The molecule has 47 heavy (non-hydrogen) atoms. The Morgan fingerprint density at radius 2 is 0.957 bits per heavy atom. The molecule has 3 aromatic heterocycles. The van der Waals surface area contributed by atoms with Crippen LogP contribution < -0.4 is 0 Å². The van der Waals surface area contributed by atoms with E-state index in [2.05, 4.69) is 127 Å². The van der Waals surface area contributed by atoms with Crippen molar-refractivity contribution in [2.45, 2.75) is 0 Å². The van der Waals surface area contributed by atoms with Gasteiger partial charge in [-0.15, -0.1) is 11.3 Å². The van der Waals surface area contributed by atoms with Gasteiger partial charge in [0.15, 0.2) is 5.82 Å². The summed E-state index contributed by atoms with van der Waals surface area (Å²) in [6.45, 7) is 0. The highest BCUT2D eigenvalue weighted by molar-refractivity contribution is 7.26. The van der Waals surface area contributed by atoms with Gasteiger partial charge in [0.05, 0.1) is 22.6 Å². The molecule has 0 spiro atoms. The average Bonchev–Trinajstić information content (AvgIpc) is 3.55. The summed E-state index contributed by atoms with van der Waals surface area (Å²) >= 11 is 1.85. The van der Waals surface area contributed by atoms with Crippen molar-refractivity contribution in [1.29, 1.82) is 0 Å². The number of pyridine rings is 1. The van der Waals surface area contributed by atoms with E-state index in [9.17, 15) is 0 Å². The quantitative estimate of drug-likeness (QED) is 0.193. The number of hydrogen-bond donors (Lipinski definition) is 0. The fourth-order valence-electron chi connectivity index (χ4n) is 6.41. The van der Waals surface area contributed by atoms with E-state index in [0.717, 1.165) is 56.0 Å². The van der Waals surface area contributed by atoms with Crippen LogP contribution in [0.25, 0.3) is 87.4 Å². The summed E-state index contributed by atoms with van der Waals surface area (Å²) in [5, 5.41) is 3.65. The number of rotatable bonds is 5. The second-order valence-corrected chi connectivity index (χ2v) is 12.7. The fraction of sp³-hybridized carbons (Fsp3) is 0. The number of nitrogens with zero attached hydrogens (tertiary/aromatic N) is 3. The van der Waals surface area contributed by atoms with Crippen LogP contribution in [0.1, 0.15) is 0 Å². The normalized spacial score (nSPS) is 11.4. The third-order valence-corrected chi connectivity index (χ3v) is 9.91. The third-order valence-electron chi connectivity index (χ3n) is 8.70. The zero-order chi connectivity index (χ0) is 31.2. The minimum atomic E-state index is 0.700. The minimum Gasteiger partial charge on any atom is -0.246 e. The molecule has 3 heterocycles. The van der Waals surface area contributed by atoms with Crippen LogP contribution in [0.4, 0.5) is 0 Å². The standard InChI is InChI=1S/C43H27N3S/c1-4-13-29(14-5-1)36-27-37(30-15-6-2-7-16-30)45-43(44-36)32-25-23-28(24-26-32)33-20-12-21-35-41(33)46-40(31-17-8-3-9-18-31)39-34-19-10-11-22-38(34)47-42(35)39/h1-27H. The van der Waals surface area contributed by atoms with Gasteiger partial charge in [0.25, 0.3) is 0 Å². The molecule has 0 aliphatic carbocycles. The molecule has 4 heteroatoms. The van der Waals surface area contributed by atoms with E-state index in [1.165, 1.54) is 25.6 Å². The van der Waals surface area contributed by atoms with E-state index in [-0.39, 0.29) is 0 Å². The molecule has 0 aliphatic rings. The first-order valence-corrected chi connectivity index (χ1v) is 16.5. The van der Waals surface area contributed by atoms with Crippen LogP contribution >= 0.6 is 11.3 Å². The third kappa shape index (κ3) is 4.87. The SMILES string of the molecule is c1ccc(-c2cc(-c3ccccc3)nc(-c3ccc(-c4cccc5c4nc(-c4ccccc4)c4c6ccccc6sc54)cc3)n2)cc1. The summed E-state index contributed by atoms with van der Waals surface area (Å²) in [7, 11) is 0. The summed E-state index contributed by atoms with van der Waals surface area (Å²) in [6.07, 6.45) is 0. The van der Waals surface area contributed by atoms with Crippen LogP contribution in [0.5, 0.6) is 0 Å². The molecule has 3 nitrogen and oxygen atoms in total. The molecule has 0 N–H and O–H groups in total. The number of hydrogen-bond acceptors (Lipinski definition) is 4. The summed E-state index contributed by atoms with van der Waals surface area (Å²) < 4.78 is 2.55. The second kappa shape index (κ2) is 11.4. The summed E-state index contributed by atoms with van der Waals surface area (Å²) in [6, 6.07) is 57.0. The van der Waals surface area contributed by atoms with Gasteiger partial charge in [-0.05, 0) is 17.7 Å². The predicted octanol–water partition coefficient (Wildman–Crippen LogP) is 11.7. The van der Waals surface area contributed by atoms with Crippen molar-refractivity contribution in [2.24, 2.45) is 0 Å². The van der Waals surface area contributed by atoms with Gasteiger partial charge in [-0.1, -0.05) is 152 Å². The number of thiophene rings is 1. The second-order valence-electron chi connectivity index (χ2n) is 11.6. The number of benzene rings is 6. The molecule has 9 rings (SSSR count). The van der Waals surface area contributed by atoms with Gasteiger partial charge in [-0.25, -0.2) is 15.0 Å². The molecule has 9 aromatic rings. The Hall–Kier alpha value is -5.97. The Balaban J connectivity index is 1.20. The van der Waals surface area contributed by atoms with Gasteiger partial charge in [-0.2, -0.15) is 0 Å². The highest BCUT2D eigenvalue weighted by Crippen LogP contribution is 2.44. The molecule has 6 aromatic carbocycles. The van der Waals surface area contributed by atoms with Crippen molar-refractivity contribution in [3.8, 4) is 56.3 Å². The maximum atomic E-state index is 5.43. The lowest BCUT2D eigenvalue weighted by Gasteiger charge is -2.12. The maximum absolute atomic E-state index is 5.43. The van der Waals surface area contributed by atoms with Crippen molar-refractivity contribution >= 4 is 42.4 Å². The van der Waals surface area contributed by atoms with Crippen LogP contribution in [0, 0.1) is 0 Å². The Morgan fingerprint density at radius 3 is 1.62 bits per heavy atom. The average molecular weight is 618 g/mol. The zero-order valence-electron chi connectivity index (χ0n) is 25.3. The lowest BCUT2D eigenvalue weighted by Crippen LogP contribution is -1.96. The van der Waals surface area contributed by atoms with Crippen molar-refractivity contribution in [2.75, 3.05) is 0 Å². The molecule has 0 bridgehead atoms. The monoisotopic (exact) mass is 617 g/mol. The lowest BCUT2D eigenvalue weighted by molar-refractivity contribution is 1.18. The molecule has 0 radical (unpaired) electrons. The van der Waals surface area contributed by atoms with Crippen LogP contribution in [0.3, 0.4) is 0 Å². The van der Waals surface area contributed by atoms with Crippen molar-refractivity contribution < 1.29 is 0 Å². The highest BCUT2D eigenvalue weighted by atomic mass is 32.1. The van der Waals surface area contributed by atoms with Crippen molar-refractivity contribution in [3.05, 3.63) is 164 Å². The summed E-state index contributed by atoms with van der Waals surface area (Å²) in [5.41, 5.74) is 10.3. The first-order valence-electron chi connectivity index (χ1n) is 15.7. The number of para-hydroxylation sites is 1. The highest BCUT2D eigenvalue weighted by Gasteiger charge is 2.18. The van der Waals surface area contributed by atoms with E-state index in [1.807, 2.05) is 47.7 Å².